The van der Waals surface area contributed by atoms with Gasteiger partial charge < -0.3 is 5.73 Å². The quantitative estimate of drug-likeness (QED) is 0.914. The summed E-state index contributed by atoms with van der Waals surface area (Å²) in [5, 5.41) is 3.60. The second-order valence-corrected chi connectivity index (χ2v) is 7.28. The summed E-state index contributed by atoms with van der Waals surface area (Å²) in [5.41, 5.74) is 6.37. The highest BCUT2D eigenvalue weighted by Crippen LogP contribution is 2.24. The summed E-state index contributed by atoms with van der Waals surface area (Å²) in [5.74, 6) is -2.61. The van der Waals surface area contributed by atoms with Gasteiger partial charge >= 0.3 is 0 Å². The Morgan fingerprint density at radius 3 is 2.57 bits per heavy atom. The van der Waals surface area contributed by atoms with Crippen molar-refractivity contribution in [3.05, 3.63) is 51.7 Å². The van der Waals surface area contributed by atoms with Gasteiger partial charge in [-0.1, -0.05) is 0 Å². The van der Waals surface area contributed by atoms with Crippen molar-refractivity contribution in [1.82, 2.24) is 4.31 Å². The van der Waals surface area contributed by atoms with E-state index in [9.17, 15) is 17.2 Å². The Morgan fingerprint density at radius 2 is 2.00 bits per heavy atom. The number of nitrogens with zero attached hydrogens (tertiary/aromatic N) is 1. The van der Waals surface area contributed by atoms with E-state index >= 15 is 0 Å². The minimum absolute atomic E-state index is 0.0754. The molecule has 1 aromatic heterocycles. The summed E-state index contributed by atoms with van der Waals surface area (Å²) in [6.45, 7) is 0.00765. The Kier molecular flexibility index (Phi) is 4.72. The largest absolute Gasteiger partial charge is 0.326 e. The van der Waals surface area contributed by atoms with Crippen LogP contribution in [0.5, 0.6) is 0 Å². The molecular weight excluding hydrogens is 318 g/mol. The molecule has 0 unspecified atom stereocenters. The molecule has 0 amide bonds. The van der Waals surface area contributed by atoms with Gasteiger partial charge in [-0.3, -0.25) is 0 Å². The molecule has 1 aromatic carbocycles. The van der Waals surface area contributed by atoms with E-state index in [2.05, 4.69) is 0 Å². The van der Waals surface area contributed by atoms with E-state index in [0.717, 1.165) is 22.0 Å². The third-order valence-electron chi connectivity index (χ3n) is 2.96. The molecule has 0 fully saturated rings. The van der Waals surface area contributed by atoms with Crippen molar-refractivity contribution in [2.75, 3.05) is 7.05 Å². The molecule has 0 radical (unpaired) electrons. The Hall–Kier alpha value is -1.35. The summed E-state index contributed by atoms with van der Waals surface area (Å²) < 4.78 is 53.1. The number of benzene rings is 1. The van der Waals surface area contributed by atoms with Gasteiger partial charge in [0, 0.05) is 20.1 Å². The fraction of sp³-hybridized carbons (Fsp3) is 0.231. The maximum absolute atomic E-state index is 13.8. The second-order valence-electron chi connectivity index (χ2n) is 4.49. The van der Waals surface area contributed by atoms with Gasteiger partial charge in [0.25, 0.3) is 0 Å². The van der Waals surface area contributed by atoms with Crippen LogP contribution in [0.3, 0.4) is 0 Å². The van der Waals surface area contributed by atoms with Gasteiger partial charge in [0.1, 0.15) is 4.90 Å². The Bertz CT molecular complexity index is 731. The normalized spacial score (nSPS) is 12.0. The molecule has 21 heavy (non-hydrogen) atoms. The van der Waals surface area contributed by atoms with Crippen molar-refractivity contribution < 1.29 is 17.2 Å². The molecule has 0 spiro atoms. The molecular formula is C13H14F2N2O2S2. The van der Waals surface area contributed by atoms with Gasteiger partial charge in [-0.25, -0.2) is 17.2 Å². The van der Waals surface area contributed by atoms with Crippen molar-refractivity contribution in [3.63, 3.8) is 0 Å². The predicted molar refractivity (Wildman–Crippen MR) is 77.2 cm³/mol. The molecule has 0 atom stereocenters. The van der Waals surface area contributed by atoms with Crippen molar-refractivity contribution in [2.24, 2.45) is 5.73 Å². The lowest BCUT2D eigenvalue weighted by molar-refractivity contribution is 0.447. The van der Waals surface area contributed by atoms with Gasteiger partial charge in [-0.05, 0) is 40.1 Å². The monoisotopic (exact) mass is 332 g/mol. The first-order valence-electron chi connectivity index (χ1n) is 6.01. The first-order valence-corrected chi connectivity index (χ1v) is 8.40. The summed E-state index contributed by atoms with van der Waals surface area (Å²) in [7, 11) is -2.81. The standard InChI is InChI=1S/C13H14F2N2O2S2/c1-17(7-9-2-3-20-8-9)21(18,19)12-5-10(6-16)4-11(14)13(12)15/h2-5,8H,6-7,16H2,1H3. The fourth-order valence-corrected chi connectivity index (χ4v) is 3.75. The molecule has 0 saturated carbocycles. The molecule has 0 bridgehead atoms. The maximum Gasteiger partial charge on any atom is 0.246 e. The number of nitrogens with two attached hydrogens (primary N) is 1. The molecule has 8 heteroatoms. The average Bonchev–Trinajstić information content (AvgIpc) is 2.94. The van der Waals surface area contributed by atoms with Crippen LogP contribution in [0.4, 0.5) is 8.78 Å². The van der Waals surface area contributed by atoms with Crippen LogP contribution >= 0.6 is 11.3 Å². The minimum Gasteiger partial charge on any atom is -0.326 e. The van der Waals surface area contributed by atoms with E-state index in [1.807, 2.05) is 5.38 Å². The molecule has 2 N–H and O–H groups in total. The molecule has 2 aromatic rings. The smallest absolute Gasteiger partial charge is 0.246 e. The lowest BCUT2D eigenvalue weighted by Crippen LogP contribution is -2.27. The van der Waals surface area contributed by atoms with Crippen LogP contribution in [0.15, 0.2) is 33.9 Å². The number of halogens is 2. The highest BCUT2D eigenvalue weighted by molar-refractivity contribution is 7.89. The summed E-state index contributed by atoms with van der Waals surface area (Å²) in [6, 6.07) is 3.73. The SMILES string of the molecule is CN(Cc1ccsc1)S(=O)(=O)c1cc(CN)cc(F)c1F. The maximum atomic E-state index is 13.8. The second kappa shape index (κ2) is 6.18. The van der Waals surface area contributed by atoms with Gasteiger partial charge in [0.15, 0.2) is 11.6 Å². The van der Waals surface area contributed by atoms with Crippen molar-refractivity contribution in [2.45, 2.75) is 18.0 Å². The zero-order chi connectivity index (χ0) is 15.6. The number of thiophene rings is 1. The number of hydrogen-bond acceptors (Lipinski definition) is 4. The molecule has 1 heterocycles. The summed E-state index contributed by atoms with van der Waals surface area (Å²) >= 11 is 1.43. The number of sulfonamides is 1. The van der Waals surface area contributed by atoms with Crippen LogP contribution in [0.2, 0.25) is 0 Å². The van der Waals surface area contributed by atoms with E-state index in [1.165, 1.54) is 18.4 Å². The predicted octanol–water partition coefficient (Wildman–Crippen LogP) is 2.31. The molecule has 0 aliphatic carbocycles. The topological polar surface area (TPSA) is 63.4 Å². The summed E-state index contributed by atoms with van der Waals surface area (Å²) in [6.07, 6.45) is 0. The zero-order valence-corrected chi connectivity index (χ0v) is 12.8. The van der Waals surface area contributed by atoms with Crippen LogP contribution < -0.4 is 5.73 Å². The van der Waals surface area contributed by atoms with E-state index in [4.69, 9.17) is 5.73 Å². The van der Waals surface area contributed by atoms with Crippen LogP contribution in [0, 0.1) is 11.6 Å². The Morgan fingerprint density at radius 1 is 1.29 bits per heavy atom. The van der Waals surface area contributed by atoms with E-state index in [1.54, 1.807) is 11.4 Å². The first-order chi connectivity index (χ1) is 9.86. The third kappa shape index (κ3) is 3.29. The molecule has 0 saturated heterocycles. The number of hydrogen-bond donors (Lipinski definition) is 1. The molecule has 114 valence electrons. The average molecular weight is 332 g/mol. The molecule has 2 rings (SSSR count). The first kappa shape index (κ1) is 16.0. The molecule has 0 aliphatic rings. The van der Waals surface area contributed by atoms with Gasteiger partial charge in [-0.15, -0.1) is 0 Å². The third-order valence-corrected chi connectivity index (χ3v) is 5.50. The summed E-state index contributed by atoms with van der Waals surface area (Å²) in [4.78, 5) is -0.694. The van der Waals surface area contributed by atoms with Gasteiger partial charge in [0.05, 0.1) is 0 Å². The Balaban J connectivity index is 2.41. The van der Waals surface area contributed by atoms with Crippen LogP contribution in [0.1, 0.15) is 11.1 Å². The van der Waals surface area contributed by atoms with Gasteiger partial charge in [0.2, 0.25) is 10.0 Å². The number of rotatable bonds is 5. The van der Waals surface area contributed by atoms with E-state index in [-0.39, 0.29) is 18.7 Å². The van der Waals surface area contributed by atoms with Crippen LogP contribution in [-0.2, 0) is 23.1 Å². The minimum atomic E-state index is -4.13. The fourth-order valence-electron chi connectivity index (χ4n) is 1.82. The van der Waals surface area contributed by atoms with Gasteiger partial charge in [-0.2, -0.15) is 15.6 Å². The lowest BCUT2D eigenvalue weighted by atomic mass is 10.2. The van der Waals surface area contributed by atoms with Crippen molar-refractivity contribution >= 4 is 21.4 Å². The molecule has 0 aliphatic heterocycles. The highest BCUT2D eigenvalue weighted by Gasteiger charge is 2.27. The highest BCUT2D eigenvalue weighted by atomic mass is 32.2. The van der Waals surface area contributed by atoms with Crippen LogP contribution in [-0.4, -0.2) is 19.8 Å². The lowest BCUT2D eigenvalue weighted by Gasteiger charge is -2.17. The van der Waals surface area contributed by atoms with E-state index < -0.39 is 26.6 Å². The molecule has 4 nitrogen and oxygen atoms in total. The zero-order valence-electron chi connectivity index (χ0n) is 11.2. The van der Waals surface area contributed by atoms with Crippen LogP contribution in [0.25, 0.3) is 0 Å². The van der Waals surface area contributed by atoms with E-state index in [0.29, 0.717) is 0 Å². The van der Waals surface area contributed by atoms with Crippen molar-refractivity contribution in [3.8, 4) is 0 Å². The Labute approximate surface area is 125 Å². The van der Waals surface area contributed by atoms with Crippen molar-refractivity contribution in [1.29, 1.82) is 0 Å².